The second-order valence-electron chi connectivity index (χ2n) is 8.18. The van der Waals surface area contributed by atoms with E-state index in [4.69, 9.17) is 4.74 Å². The summed E-state index contributed by atoms with van der Waals surface area (Å²) in [4.78, 5) is 0.309. The first-order valence-corrected chi connectivity index (χ1v) is 12.2. The van der Waals surface area contributed by atoms with Gasteiger partial charge in [-0.2, -0.15) is 4.31 Å². The smallest absolute Gasteiger partial charge is 0.243 e. The molecule has 0 bridgehead atoms. The lowest BCUT2D eigenvalue weighted by Gasteiger charge is -2.15. The molecule has 4 aromatic carbocycles. The van der Waals surface area contributed by atoms with Gasteiger partial charge in [0, 0.05) is 29.6 Å². The monoisotopic (exact) mass is 453 g/mol. The highest BCUT2D eigenvalue weighted by Gasteiger charge is 2.32. The summed E-state index contributed by atoms with van der Waals surface area (Å²) in [5, 5.41) is 1.98. The molecule has 0 N–H and O–H groups in total. The van der Waals surface area contributed by atoms with Crippen LogP contribution in [-0.4, -0.2) is 19.8 Å². The van der Waals surface area contributed by atoms with Crippen molar-refractivity contribution < 1.29 is 13.2 Å². The van der Waals surface area contributed by atoms with Gasteiger partial charge in [0.2, 0.25) is 10.0 Å². The molecule has 0 fully saturated rings. The Kier molecular flexibility index (Phi) is 5.41. The minimum atomic E-state index is -3.62. The summed E-state index contributed by atoms with van der Waals surface area (Å²) in [6.07, 6.45) is 0. The highest BCUT2D eigenvalue weighted by atomic mass is 32.2. The topological polar surface area (TPSA) is 46.6 Å². The van der Waals surface area contributed by atoms with Crippen LogP contribution in [0.4, 0.5) is 0 Å². The van der Waals surface area contributed by atoms with E-state index in [0.717, 1.165) is 44.3 Å². The Labute approximate surface area is 194 Å². The third kappa shape index (κ3) is 4.00. The highest BCUT2D eigenvalue weighted by Crippen LogP contribution is 2.36. The van der Waals surface area contributed by atoms with Crippen molar-refractivity contribution in [3.05, 3.63) is 107 Å². The van der Waals surface area contributed by atoms with Crippen molar-refractivity contribution in [3.63, 3.8) is 0 Å². The lowest BCUT2D eigenvalue weighted by Crippen LogP contribution is -2.25. The molecule has 0 saturated carbocycles. The average molecular weight is 454 g/mol. The third-order valence-corrected chi connectivity index (χ3v) is 7.80. The zero-order valence-corrected chi connectivity index (χ0v) is 19.3. The van der Waals surface area contributed by atoms with E-state index in [-0.39, 0.29) is 6.54 Å². The maximum Gasteiger partial charge on any atom is 0.243 e. The Morgan fingerprint density at radius 1 is 0.879 bits per heavy atom. The zero-order chi connectivity index (χ0) is 23.0. The number of fused-ring (bicyclic) bond motifs is 2. The van der Waals surface area contributed by atoms with Gasteiger partial charge in [0.25, 0.3) is 0 Å². The molecule has 5 heteroatoms. The van der Waals surface area contributed by atoms with Gasteiger partial charge < -0.3 is 4.74 Å². The summed E-state index contributed by atoms with van der Waals surface area (Å²) >= 11 is 0. The number of hydrogen-bond donors (Lipinski definition) is 0. The summed E-state index contributed by atoms with van der Waals surface area (Å²) in [5.74, 6) is 7.34. The summed E-state index contributed by atoms with van der Waals surface area (Å²) in [5.41, 5.74) is 4.73. The van der Waals surface area contributed by atoms with Crippen molar-refractivity contribution in [3.8, 4) is 17.6 Å². The van der Waals surface area contributed by atoms with E-state index in [0.29, 0.717) is 11.4 Å². The number of nitrogens with zero attached hydrogens (tertiary/aromatic N) is 1. The van der Waals surface area contributed by atoms with E-state index in [2.05, 4.69) is 17.9 Å². The fourth-order valence-electron chi connectivity index (χ4n) is 4.17. The maximum atomic E-state index is 13.4. The fraction of sp³-hybridized carbons (Fsp3) is 0.143. The van der Waals surface area contributed by atoms with Gasteiger partial charge in [0.15, 0.2) is 0 Å². The molecule has 4 nitrogen and oxygen atoms in total. The average Bonchev–Trinajstić information content (AvgIpc) is 3.27. The Hall–Kier alpha value is -3.59. The second-order valence-corrected chi connectivity index (χ2v) is 10.1. The SMILES string of the molecule is COc1ccc2cc3c(c(C#Cc4ccccc4)c2c1)CN(S(=O)(=O)c1ccc(C)cc1)C3. The Balaban J connectivity index is 1.63. The molecule has 0 aliphatic carbocycles. The second kappa shape index (κ2) is 8.40. The molecule has 0 amide bonds. The zero-order valence-electron chi connectivity index (χ0n) is 18.5. The van der Waals surface area contributed by atoms with Crippen molar-refractivity contribution in [1.29, 1.82) is 0 Å². The summed E-state index contributed by atoms with van der Waals surface area (Å²) in [7, 11) is -1.98. The largest absolute Gasteiger partial charge is 0.497 e. The number of ether oxygens (including phenoxy) is 1. The van der Waals surface area contributed by atoms with Crippen LogP contribution in [0.1, 0.15) is 27.8 Å². The standard InChI is InChI=1S/C28H23NO3S/c1-20-8-13-25(14-9-20)33(30,31)29-18-23-16-22-11-12-24(32-2)17-27(22)26(28(23)19-29)15-10-21-6-4-3-5-7-21/h3-9,11-14,16-17H,18-19H2,1-2H3. The minimum absolute atomic E-state index is 0.289. The van der Waals surface area contributed by atoms with Gasteiger partial charge in [0.05, 0.1) is 12.0 Å². The van der Waals surface area contributed by atoms with Crippen LogP contribution in [-0.2, 0) is 23.1 Å². The molecule has 4 aromatic rings. The first kappa shape index (κ1) is 21.3. The molecule has 0 saturated heterocycles. The van der Waals surface area contributed by atoms with Gasteiger partial charge in [-0.1, -0.05) is 53.8 Å². The lowest BCUT2D eigenvalue weighted by molar-refractivity contribution is 0.415. The molecule has 164 valence electrons. The van der Waals surface area contributed by atoms with Crippen LogP contribution in [0.3, 0.4) is 0 Å². The lowest BCUT2D eigenvalue weighted by atomic mass is 9.95. The van der Waals surface area contributed by atoms with Gasteiger partial charge in [-0.25, -0.2) is 8.42 Å². The van der Waals surface area contributed by atoms with Crippen molar-refractivity contribution in [2.45, 2.75) is 24.9 Å². The molecule has 1 aliphatic rings. The molecule has 0 radical (unpaired) electrons. The van der Waals surface area contributed by atoms with E-state index in [9.17, 15) is 8.42 Å². The molecule has 1 aliphatic heterocycles. The Bertz CT molecular complexity index is 1510. The maximum absolute atomic E-state index is 13.4. The normalized spacial score (nSPS) is 13.4. The molecular weight excluding hydrogens is 430 g/mol. The number of rotatable bonds is 3. The van der Waals surface area contributed by atoms with Crippen LogP contribution in [0.2, 0.25) is 0 Å². The van der Waals surface area contributed by atoms with E-state index < -0.39 is 10.0 Å². The van der Waals surface area contributed by atoms with Crippen molar-refractivity contribution in [1.82, 2.24) is 4.31 Å². The number of sulfonamides is 1. The molecule has 0 spiro atoms. The predicted octanol–water partition coefficient (Wildman–Crippen LogP) is 5.26. The van der Waals surface area contributed by atoms with Crippen LogP contribution >= 0.6 is 0 Å². The van der Waals surface area contributed by atoms with Crippen LogP contribution < -0.4 is 4.74 Å². The number of benzene rings is 4. The van der Waals surface area contributed by atoms with Gasteiger partial charge in [-0.3, -0.25) is 0 Å². The Morgan fingerprint density at radius 3 is 2.36 bits per heavy atom. The van der Waals surface area contributed by atoms with Crippen LogP contribution in [0.25, 0.3) is 10.8 Å². The molecule has 1 heterocycles. The fourth-order valence-corrected chi connectivity index (χ4v) is 5.56. The molecule has 0 atom stereocenters. The van der Waals surface area contributed by atoms with Crippen LogP contribution in [0, 0.1) is 18.8 Å². The van der Waals surface area contributed by atoms with Crippen molar-refractivity contribution in [2.24, 2.45) is 0 Å². The summed E-state index contributed by atoms with van der Waals surface area (Å²) in [6.45, 7) is 2.56. The van der Waals surface area contributed by atoms with Crippen LogP contribution in [0.15, 0.2) is 83.8 Å². The molecule has 5 rings (SSSR count). The van der Waals surface area contributed by atoms with E-state index >= 15 is 0 Å². The first-order valence-electron chi connectivity index (χ1n) is 10.7. The first-order chi connectivity index (χ1) is 16.0. The van der Waals surface area contributed by atoms with E-state index in [1.54, 1.807) is 19.2 Å². The van der Waals surface area contributed by atoms with Gasteiger partial charge in [0.1, 0.15) is 5.75 Å². The van der Waals surface area contributed by atoms with Crippen LogP contribution in [0.5, 0.6) is 5.75 Å². The van der Waals surface area contributed by atoms with Crippen molar-refractivity contribution >= 4 is 20.8 Å². The number of aryl methyl sites for hydroxylation is 1. The van der Waals surface area contributed by atoms with E-state index in [1.807, 2.05) is 67.6 Å². The van der Waals surface area contributed by atoms with Gasteiger partial charge >= 0.3 is 0 Å². The number of methoxy groups -OCH3 is 1. The third-order valence-electron chi connectivity index (χ3n) is 5.99. The molecule has 0 aromatic heterocycles. The van der Waals surface area contributed by atoms with Crippen molar-refractivity contribution in [2.75, 3.05) is 7.11 Å². The molecule has 0 unspecified atom stereocenters. The minimum Gasteiger partial charge on any atom is -0.497 e. The molecule has 33 heavy (non-hydrogen) atoms. The summed E-state index contributed by atoms with van der Waals surface area (Å²) in [6, 6.07) is 24.8. The summed E-state index contributed by atoms with van der Waals surface area (Å²) < 4.78 is 33.7. The quantitative estimate of drug-likeness (QED) is 0.398. The number of hydrogen-bond acceptors (Lipinski definition) is 3. The van der Waals surface area contributed by atoms with Gasteiger partial charge in [-0.15, -0.1) is 0 Å². The highest BCUT2D eigenvalue weighted by molar-refractivity contribution is 7.89. The van der Waals surface area contributed by atoms with Gasteiger partial charge in [-0.05, 0) is 65.9 Å². The van der Waals surface area contributed by atoms with E-state index in [1.165, 1.54) is 4.31 Å². The molecular formula is C28H23NO3S. The predicted molar refractivity (Wildman–Crippen MR) is 131 cm³/mol. The Morgan fingerprint density at radius 2 is 1.64 bits per heavy atom.